The lowest BCUT2D eigenvalue weighted by Crippen LogP contribution is -2.15. The minimum atomic E-state index is 0.862. The molecule has 1 fully saturated rings. The summed E-state index contributed by atoms with van der Waals surface area (Å²) in [6.07, 6.45) is 12.5. The molecule has 0 amide bonds. The second-order valence-corrected chi connectivity index (χ2v) is 4.46. The quantitative estimate of drug-likeness (QED) is 0.565. The number of allylic oxidation sites excluding steroid dienone is 3. The van der Waals surface area contributed by atoms with Gasteiger partial charge in [0.1, 0.15) is 0 Å². The average Bonchev–Trinajstić information content (AvgIpc) is 2.26. The molecule has 0 heterocycles. The van der Waals surface area contributed by atoms with E-state index in [-0.39, 0.29) is 0 Å². The molecule has 1 aliphatic carbocycles. The standard InChI is InChI=1S/C14H24/c1-4-7-13(6-3)14-10-8-12(5-2)9-11-14/h4,7,12,14H,1,5-6,8-11H2,2-3H3/b13-7+. The molecule has 0 saturated heterocycles. The van der Waals surface area contributed by atoms with Crippen LogP contribution in [0.25, 0.3) is 0 Å². The summed E-state index contributed by atoms with van der Waals surface area (Å²) in [6.45, 7) is 8.39. The van der Waals surface area contributed by atoms with Crippen molar-refractivity contribution in [3.63, 3.8) is 0 Å². The van der Waals surface area contributed by atoms with E-state index in [0.717, 1.165) is 11.8 Å². The predicted octanol–water partition coefficient (Wildman–Crippen LogP) is 4.73. The largest absolute Gasteiger partial charge is 0.0991 e. The molecule has 0 radical (unpaired) electrons. The summed E-state index contributed by atoms with van der Waals surface area (Å²) in [7, 11) is 0. The van der Waals surface area contributed by atoms with Crippen LogP contribution < -0.4 is 0 Å². The Morgan fingerprint density at radius 1 is 1.21 bits per heavy atom. The van der Waals surface area contributed by atoms with Crippen molar-refractivity contribution < 1.29 is 0 Å². The van der Waals surface area contributed by atoms with Crippen LogP contribution in [0.15, 0.2) is 24.3 Å². The van der Waals surface area contributed by atoms with Crippen LogP contribution in [0.5, 0.6) is 0 Å². The highest BCUT2D eigenvalue weighted by molar-refractivity contribution is 5.13. The molecule has 0 spiro atoms. The lowest BCUT2D eigenvalue weighted by atomic mass is 9.77. The predicted molar refractivity (Wildman–Crippen MR) is 64.3 cm³/mol. The summed E-state index contributed by atoms with van der Waals surface area (Å²) in [4.78, 5) is 0. The van der Waals surface area contributed by atoms with Crippen molar-refractivity contribution in [1.82, 2.24) is 0 Å². The van der Waals surface area contributed by atoms with Gasteiger partial charge in [-0.2, -0.15) is 0 Å². The molecule has 0 aromatic heterocycles. The first-order chi connectivity index (χ1) is 6.81. The van der Waals surface area contributed by atoms with E-state index >= 15 is 0 Å². The van der Waals surface area contributed by atoms with Gasteiger partial charge in [0.2, 0.25) is 0 Å². The Morgan fingerprint density at radius 3 is 2.29 bits per heavy atom. The Labute approximate surface area is 89.1 Å². The fourth-order valence-electron chi connectivity index (χ4n) is 2.64. The van der Waals surface area contributed by atoms with Crippen molar-refractivity contribution in [2.24, 2.45) is 11.8 Å². The number of rotatable bonds is 4. The van der Waals surface area contributed by atoms with E-state index in [2.05, 4.69) is 26.5 Å². The fourth-order valence-corrected chi connectivity index (χ4v) is 2.64. The lowest BCUT2D eigenvalue weighted by molar-refractivity contribution is 0.292. The van der Waals surface area contributed by atoms with Crippen molar-refractivity contribution in [2.75, 3.05) is 0 Å². The maximum Gasteiger partial charge on any atom is -0.0200 e. The van der Waals surface area contributed by atoms with E-state index in [1.54, 1.807) is 5.57 Å². The molecule has 14 heavy (non-hydrogen) atoms. The highest BCUT2D eigenvalue weighted by Crippen LogP contribution is 2.35. The summed E-state index contributed by atoms with van der Waals surface area (Å²) in [5, 5.41) is 0. The summed E-state index contributed by atoms with van der Waals surface area (Å²) in [5.74, 6) is 1.87. The summed E-state index contributed by atoms with van der Waals surface area (Å²) in [5.41, 5.74) is 1.62. The molecule has 0 atom stereocenters. The third-order valence-electron chi connectivity index (χ3n) is 3.69. The van der Waals surface area contributed by atoms with Gasteiger partial charge in [-0.05, 0) is 43.9 Å². The molecule has 1 saturated carbocycles. The SMILES string of the molecule is C=C/C=C(\CC)C1CCC(CC)CC1. The Morgan fingerprint density at radius 2 is 1.86 bits per heavy atom. The zero-order chi connectivity index (χ0) is 10.4. The van der Waals surface area contributed by atoms with E-state index in [1.165, 1.54) is 38.5 Å². The lowest BCUT2D eigenvalue weighted by Gasteiger charge is -2.29. The van der Waals surface area contributed by atoms with E-state index in [4.69, 9.17) is 0 Å². The molecule has 0 aliphatic heterocycles. The zero-order valence-electron chi connectivity index (χ0n) is 9.76. The van der Waals surface area contributed by atoms with Gasteiger partial charge in [0, 0.05) is 0 Å². The summed E-state index contributed by atoms with van der Waals surface area (Å²) >= 11 is 0. The Kier molecular flexibility index (Phi) is 5.00. The molecule has 0 nitrogen and oxygen atoms in total. The van der Waals surface area contributed by atoms with Crippen LogP contribution in [0, 0.1) is 11.8 Å². The van der Waals surface area contributed by atoms with Gasteiger partial charge in [0.15, 0.2) is 0 Å². The Balaban J connectivity index is 2.47. The van der Waals surface area contributed by atoms with Crippen LogP contribution in [-0.2, 0) is 0 Å². The van der Waals surface area contributed by atoms with Crippen molar-refractivity contribution in [1.29, 1.82) is 0 Å². The minimum absolute atomic E-state index is 0.862. The van der Waals surface area contributed by atoms with Crippen molar-refractivity contribution in [3.05, 3.63) is 24.3 Å². The molecule has 0 unspecified atom stereocenters. The molecule has 0 N–H and O–H groups in total. The molecule has 0 bridgehead atoms. The summed E-state index contributed by atoms with van der Waals surface area (Å²) < 4.78 is 0. The maximum atomic E-state index is 3.80. The minimum Gasteiger partial charge on any atom is -0.0991 e. The Hall–Kier alpha value is -0.520. The number of hydrogen-bond donors (Lipinski definition) is 0. The van der Waals surface area contributed by atoms with Crippen LogP contribution in [0.1, 0.15) is 52.4 Å². The average molecular weight is 192 g/mol. The highest BCUT2D eigenvalue weighted by Gasteiger charge is 2.21. The van der Waals surface area contributed by atoms with Gasteiger partial charge in [-0.15, -0.1) is 0 Å². The normalized spacial score (nSPS) is 28.9. The van der Waals surface area contributed by atoms with Crippen molar-refractivity contribution in [3.8, 4) is 0 Å². The topological polar surface area (TPSA) is 0 Å². The molecule has 0 heteroatoms. The molecule has 80 valence electrons. The maximum absolute atomic E-state index is 3.80. The molecule has 0 aromatic carbocycles. The first-order valence-corrected chi connectivity index (χ1v) is 6.13. The molecule has 1 rings (SSSR count). The second kappa shape index (κ2) is 6.06. The monoisotopic (exact) mass is 192 g/mol. The third kappa shape index (κ3) is 3.01. The molecular weight excluding hydrogens is 168 g/mol. The first kappa shape index (κ1) is 11.6. The Bertz CT molecular complexity index is 192. The van der Waals surface area contributed by atoms with Gasteiger partial charge in [-0.25, -0.2) is 0 Å². The van der Waals surface area contributed by atoms with Gasteiger partial charge in [-0.1, -0.05) is 44.6 Å². The van der Waals surface area contributed by atoms with Crippen molar-refractivity contribution >= 4 is 0 Å². The van der Waals surface area contributed by atoms with Crippen LogP contribution >= 0.6 is 0 Å². The highest BCUT2D eigenvalue weighted by atomic mass is 14.3. The van der Waals surface area contributed by atoms with Gasteiger partial charge >= 0.3 is 0 Å². The van der Waals surface area contributed by atoms with E-state index < -0.39 is 0 Å². The fraction of sp³-hybridized carbons (Fsp3) is 0.714. The van der Waals surface area contributed by atoms with Crippen LogP contribution in [0.4, 0.5) is 0 Å². The van der Waals surface area contributed by atoms with E-state index in [1.807, 2.05) is 6.08 Å². The molecule has 0 aromatic rings. The van der Waals surface area contributed by atoms with Crippen LogP contribution in [-0.4, -0.2) is 0 Å². The molecule has 1 aliphatic rings. The van der Waals surface area contributed by atoms with E-state index in [9.17, 15) is 0 Å². The first-order valence-electron chi connectivity index (χ1n) is 6.13. The van der Waals surface area contributed by atoms with Gasteiger partial charge in [-0.3, -0.25) is 0 Å². The second-order valence-electron chi connectivity index (χ2n) is 4.46. The number of hydrogen-bond acceptors (Lipinski definition) is 0. The van der Waals surface area contributed by atoms with Gasteiger partial charge in [0.25, 0.3) is 0 Å². The van der Waals surface area contributed by atoms with Gasteiger partial charge in [0.05, 0.1) is 0 Å². The van der Waals surface area contributed by atoms with Crippen LogP contribution in [0.2, 0.25) is 0 Å². The zero-order valence-corrected chi connectivity index (χ0v) is 9.76. The smallest absolute Gasteiger partial charge is 0.0200 e. The third-order valence-corrected chi connectivity index (χ3v) is 3.69. The summed E-state index contributed by atoms with van der Waals surface area (Å²) in [6, 6.07) is 0. The van der Waals surface area contributed by atoms with Crippen molar-refractivity contribution in [2.45, 2.75) is 52.4 Å². The van der Waals surface area contributed by atoms with Crippen LogP contribution in [0.3, 0.4) is 0 Å². The van der Waals surface area contributed by atoms with Gasteiger partial charge < -0.3 is 0 Å². The van der Waals surface area contributed by atoms with E-state index in [0.29, 0.717) is 0 Å². The molecular formula is C14H24.